The third-order valence-electron chi connectivity index (χ3n) is 3.26. The molecular formula is C19H20N2O2. The summed E-state index contributed by atoms with van der Waals surface area (Å²) in [4.78, 5) is 22.9. The molecule has 0 aliphatic rings. The fraction of sp³-hybridized carbons (Fsp3) is 0.158. The molecule has 2 aromatic carbocycles. The Balaban J connectivity index is 1.96. The van der Waals surface area contributed by atoms with E-state index < -0.39 is 0 Å². The monoisotopic (exact) mass is 308 g/mol. The lowest BCUT2D eigenvalue weighted by atomic mass is 10.1. The van der Waals surface area contributed by atoms with Crippen LogP contribution < -0.4 is 10.6 Å². The predicted molar refractivity (Wildman–Crippen MR) is 94.2 cm³/mol. The molecule has 2 aromatic rings. The van der Waals surface area contributed by atoms with Crippen molar-refractivity contribution >= 4 is 29.3 Å². The molecular weight excluding hydrogens is 288 g/mol. The minimum absolute atomic E-state index is 0.109. The summed E-state index contributed by atoms with van der Waals surface area (Å²) in [5.41, 5.74) is 3.59. The van der Waals surface area contributed by atoms with E-state index in [9.17, 15) is 9.59 Å². The smallest absolute Gasteiger partial charge is 0.248 e. The Bertz CT molecular complexity index is 718. The lowest BCUT2D eigenvalue weighted by Crippen LogP contribution is -2.07. The zero-order chi connectivity index (χ0) is 16.7. The summed E-state index contributed by atoms with van der Waals surface area (Å²) in [6, 6.07) is 15.1. The molecule has 0 bridgehead atoms. The molecule has 0 heterocycles. The van der Waals surface area contributed by atoms with Crippen LogP contribution in [0.25, 0.3) is 6.08 Å². The molecule has 0 saturated heterocycles. The maximum atomic E-state index is 11.9. The molecule has 0 aliphatic carbocycles. The second-order valence-electron chi connectivity index (χ2n) is 5.18. The molecule has 4 heteroatoms. The Morgan fingerprint density at radius 1 is 1.00 bits per heavy atom. The van der Waals surface area contributed by atoms with E-state index >= 15 is 0 Å². The molecule has 2 N–H and O–H groups in total. The molecule has 23 heavy (non-hydrogen) atoms. The van der Waals surface area contributed by atoms with Crippen LogP contribution in [-0.4, -0.2) is 11.8 Å². The van der Waals surface area contributed by atoms with E-state index in [1.165, 1.54) is 18.6 Å². The van der Waals surface area contributed by atoms with E-state index in [1.807, 2.05) is 36.4 Å². The van der Waals surface area contributed by atoms with Crippen molar-refractivity contribution in [3.63, 3.8) is 0 Å². The van der Waals surface area contributed by atoms with Crippen LogP contribution >= 0.6 is 0 Å². The van der Waals surface area contributed by atoms with E-state index in [1.54, 1.807) is 18.2 Å². The number of amides is 2. The van der Waals surface area contributed by atoms with E-state index in [0.717, 1.165) is 23.4 Å². The third-order valence-corrected chi connectivity index (χ3v) is 3.26. The molecule has 2 amide bonds. The van der Waals surface area contributed by atoms with E-state index in [4.69, 9.17) is 0 Å². The van der Waals surface area contributed by atoms with Gasteiger partial charge in [0.15, 0.2) is 0 Å². The zero-order valence-corrected chi connectivity index (χ0v) is 13.3. The summed E-state index contributed by atoms with van der Waals surface area (Å²) in [5.74, 6) is -0.286. The summed E-state index contributed by atoms with van der Waals surface area (Å²) in [5, 5.41) is 5.54. The number of rotatable bonds is 5. The van der Waals surface area contributed by atoms with Crippen molar-refractivity contribution in [3.05, 3.63) is 65.7 Å². The highest BCUT2D eigenvalue weighted by Gasteiger charge is 1.99. The highest BCUT2D eigenvalue weighted by Crippen LogP contribution is 2.13. The first kappa shape index (κ1) is 16.5. The molecule has 0 spiro atoms. The summed E-state index contributed by atoms with van der Waals surface area (Å²) >= 11 is 0. The standard InChI is InChI=1S/C19H20N2O2/c1-3-15-5-4-6-18(13-15)21-19(23)12-9-16-7-10-17(11-8-16)20-14(2)22/h4-13H,3H2,1-2H3,(H,20,22)(H,21,23)/b12-9+. The van der Waals surface area contributed by atoms with Crippen LogP contribution in [0.4, 0.5) is 11.4 Å². The van der Waals surface area contributed by atoms with Gasteiger partial charge in [-0.25, -0.2) is 0 Å². The minimum atomic E-state index is -0.177. The molecule has 0 aliphatic heterocycles. The molecule has 0 atom stereocenters. The first-order valence-corrected chi connectivity index (χ1v) is 7.52. The number of hydrogen-bond acceptors (Lipinski definition) is 2. The lowest BCUT2D eigenvalue weighted by molar-refractivity contribution is -0.114. The van der Waals surface area contributed by atoms with Gasteiger partial charge in [-0.2, -0.15) is 0 Å². The van der Waals surface area contributed by atoms with Crippen LogP contribution in [0.3, 0.4) is 0 Å². The van der Waals surface area contributed by atoms with Crippen LogP contribution in [0.5, 0.6) is 0 Å². The summed E-state index contributed by atoms with van der Waals surface area (Å²) in [7, 11) is 0. The Morgan fingerprint density at radius 2 is 1.74 bits per heavy atom. The van der Waals surface area contributed by atoms with Crippen molar-refractivity contribution in [2.24, 2.45) is 0 Å². The molecule has 2 rings (SSSR count). The second kappa shape index (κ2) is 7.94. The Morgan fingerprint density at radius 3 is 2.39 bits per heavy atom. The number of nitrogens with one attached hydrogen (secondary N) is 2. The normalized spacial score (nSPS) is 10.5. The van der Waals surface area contributed by atoms with E-state index in [2.05, 4.69) is 17.6 Å². The van der Waals surface area contributed by atoms with Crippen molar-refractivity contribution in [1.29, 1.82) is 0 Å². The largest absolute Gasteiger partial charge is 0.326 e. The van der Waals surface area contributed by atoms with Crippen LogP contribution in [0.1, 0.15) is 25.0 Å². The average molecular weight is 308 g/mol. The first-order chi connectivity index (χ1) is 11.1. The number of aryl methyl sites for hydroxylation is 1. The summed E-state index contributed by atoms with van der Waals surface area (Å²) < 4.78 is 0. The van der Waals surface area contributed by atoms with Gasteiger partial charge in [0.05, 0.1) is 0 Å². The van der Waals surface area contributed by atoms with Crippen molar-refractivity contribution < 1.29 is 9.59 Å². The minimum Gasteiger partial charge on any atom is -0.326 e. The maximum absolute atomic E-state index is 11.9. The van der Waals surface area contributed by atoms with Crippen molar-refractivity contribution in [2.45, 2.75) is 20.3 Å². The summed E-state index contributed by atoms with van der Waals surface area (Å²) in [6.45, 7) is 3.54. The van der Waals surface area contributed by atoms with Gasteiger partial charge in [0, 0.05) is 24.4 Å². The van der Waals surface area contributed by atoms with Crippen molar-refractivity contribution in [2.75, 3.05) is 10.6 Å². The Hall–Kier alpha value is -2.88. The first-order valence-electron chi connectivity index (χ1n) is 7.52. The topological polar surface area (TPSA) is 58.2 Å². The van der Waals surface area contributed by atoms with E-state index in [0.29, 0.717) is 0 Å². The molecule has 0 aromatic heterocycles. The van der Waals surface area contributed by atoms with Crippen LogP contribution in [-0.2, 0) is 16.0 Å². The number of hydrogen-bond donors (Lipinski definition) is 2. The van der Waals surface area contributed by atoms with Crippen LogP contribution in [0, 0.1) is 0 Å². The summed E-state index contributed by atoms with van der Waals surface area (Å²) in [6.07, 6.45) is 4.16. The molecule has 4 nitrogen and oxygen atoms in total. The second-order valence-corrected chi connectivity index (χ2v) is 5.18. The number of benzene rings is 2. The quantitative estimate of drug-likeness (QED) is 0.824. The van der Waals surface area contributed by atoms with Gasteiger partial charge in [-0.1, -0.05) is 31.2 Å². The van der Waals surface area contributed by atoms with Gasteiger partial charge in [-0.05, 0) is 47.9 Å². The SMILES string of the molecule is CCc1cccc(NC(=O)/C=C/c2ccc(NC(C)=O)cc2)c1. The van der Waals surface area contributed by atoms with Gasteiger partial charge < -0.3 is 10.6 Å². The maximum Gasteiger partial charge on any atom is 0.248 e. The van der Waals surface area contributed by atoms with Gasteiger partial charge in [-0.15, -0.1) is 0 Å². The van der Waals surface area contributed by atoms with Gasteiger partial charge in [0.2, 0.25) is 11.8 Å². The third kappa shape index (κ3) is 5.43. The Labute approximate surface area is 136 Å². The highest BCUT2D eigenvalue weighted by atomic mass is 16.2. The van der Waals surface area contributed by atoms with Gasteiger partial charge >= 0.3 is 0 Å². The van der Waals surface area contributed by atoms with Crippen molar-refractivity contribution in [1.82, 2.24) is 0 Å². The van der Waals surface area contributed by atoms with Crippen LogP contribution in [0.2, 0.25) is 0 Å². The van der Waals surface area contributed by atoms with Gasteiger partial charge in [0.1, 0.15) is 0 Å². The fourth-order valence-corrected chi connectivity index (χ4v) is 2.11. The lowest BCUT2D eigenvalue weighted by Gasteiger charge is -2.04. The van der Waals surface area contributed by atoms with Crippen LogP contribution in [0.15, 0.2) is 54.6 Å². The number of carbonyl (C=O) groups excluding carboxylic acids is 2. The van der Waals surface area contributed by atoms with E-state index in [-0.39, 0.29) is 11.8 Å². The van der Waals surface area contributed by atoms with Crippen molar-refractivity contribution in [3.8, 4) is 0 Å². The predicted octanol–water partition coefficient (Wildman–Crippen LogP) is 3.86. The fourth-order valence-electron chi connectivity index (χ4n) is 2.11. The molecule has 0 radical (unpaired) electrons. The molecule has 118 valence electrons. The number of carbonyl (C=O) groups is 2. The molecule has 0 unspecified atom stereocenters. The zero-order valence-electron chi connectivity index (χ0n) is 13.3. The highest BCUT2D eigenvalue weighted by molar-refractivity contribution is 6.02. The molecule has 0 fully saturated rings. The van der Waals surface area contributed by atoms with Gasteiger partial charge in [-0.3, -0.25) is 9.59 Å². The molecule has 0 saturated carbocycles. The Kier molecular flexibility index (Phi) is 5.69. The average Bonchev–Trinajstić information content (AvgIpc) is 2.54. The van der Waals surface area contributed by atoms with Gasteiger partial charge in [0.25, 0.3) is 0 Å². The number of anilines is 2.